The van der Waals surface area contributed by atoms with Crippen LogP contribution >= 0.6 is 24.2 Å². The van der Waals surface area contributed by atoms with E-state index in [9.17, 15) is 14.4 Å². The van der Waals surface area contributed by atoms with Gasteiger partial charge in [0.25, 0.3) is 0 Å². The third kappa shape index (κ3) is 11.0. The standard InChI is InChI=1S/C24H39N3O4S.ClH/c1-4-5-8-20(22(28)16-32-15-19-7-6-13-31-19)26-24(30)21(14-17(2)3)27-23(29)18-9-11-25-12-10-18;/h6-7,13,17-18,20-21,25H,4-5,8-12,14-16H2,1-3H3,(H,26,30)(H,27,29);1H/t20-,21-;/m0./s1. The van der Waals surface area contributed by atoms with Crippen molar-refractivity contribution in [3.05, 3.63) is 24.2 Å². The van der Waals surface area contributed by atoms with Crippen molar-refractivity contribution in [3.63, 3.8) is 0 Å². The molecule has 7 nitrogen and oxygen atoms in total. The highest BCUT2D eigenvalue weighted by atomic mass is 35.5. The fraction of sp³-hybridized carbons (Fsp3) is 0.708. The minimum Gasteiger partial charge on any atom is -0.468 e. The number of amides is 2. The molecule has 1 saturated heterocycles. The number of piperidine rings is 1. The monoisotopic (exact) mass is 501 g/mol. The van der Waals surface area contributed by atoms with Crippen molar-refractivity contribution in [3.8, 4) is 0 Å². The number of nitrogens with one attached hydrogen (secondary N) is 3. The van der Waals surface area contributed by atoms with Gasteiger partial charge in [-0.3, -0.25) is 14.4 Å². The summed E-state index contributed by atoms with van der Waals surface area (Å²) in [6, 6.07) is 2.56. The van der Waals surface area contributed by atoms with Crippen LogP contribution in [0.15, 0.2) is 22.8 Å². The van der Waals surface area contributed by atoms with Crippen LogP contribution in [0.2, 0.25) is 0 Å². The summed E-state index contributed by atoms with van der Waals surface area (Å²) in [5.74, 6) is 1.64. The van der Waals surface area contributed by atoms with Crippen LogP contribution in [0.1, 0.15) is 65.1 Å². The quantitative estimate of drug-likeness (QED) is 0.359. The predicted molar refractivity (Wildman–Crippen MR) is 136 cm³/mol. The van der Waals surface area contributed by atoms with Crippen LogP contribution in [0, 0.1) is 11.8 Å². The Balaban J connectivity index is 0.00000544. The first kappa shape index (κ1) is 29.5. The number of rotatable bonds is 14. The Bertz CT molecular complexity index is 709. The Morgan fingerprint density at radius 1 is 1.18 bits per heavy atom. The fourth-order valence-electron chi connectivity index (χ4n) is 3.82. The molecule has 0 saturated carbocycles. The number of unbranched alkanes of at least 4 members (excludes halogenated alkanes) is 1. The molecule has 2 heterocycles. The molecule has 2 amide bonds. The number of thioether (sulfide) groups is 1. The average Bonchev–Trinajstić information content (AvgIpc) is 3.29. The van der Waals surface area contributed by atoms with E-state index >= 15 is 0 Å². The normalized spacial score (nSPS) is 16.0. The van der Waals surface area contributed by atoms with Crippen molar-refractivity contribution >= 4 is 41.8 Å². The third-order valence-electron chi connectivity index (χ3n) is 5.67. The maximum Gasteiger partial charge on any atom is 0.243 e. The van der Waals surface area contributed by atoms with Crippen molar-refractivity contribution in [1.29, 1.82) is 0 Å². The van der Waals surface area contributed by atoms with Crippen molar-refractivity contribution < 1.29 is 18.8 Å². The lowest BCUT2D eigenvalue weighted by Crippen LogP contribution is -2.53. The average molecular weight is 502 g/mol. The summed E-state index contributed by atoms with van der Waals surface area (Å²) >= 11 is 1.49. The van der Waals surface area contributed by atoms with Crippen LogP contribution in [-0.2, 0) is 20.1 Å². The second-order valence-electron chi connectivity index (χ2n) is 8.96. The molecule has 0 bridgehead atoms. The first-order valence-electron chi connectivity index (χ1n) is 11.8. The molecule has 0 radical (unpaired) electrons. The molecule has 0 spiro atoms. The van der Waals surface area contributed by atoms with Crippen molar-refractivity contribution in [2.24, 2.45) is 11.8 Å². The van der Waals surface area contributed by atoms with Crippen molar-refractivity contribution in [1.82, 2.24) is 16.0 Å². The molecule has 1 aromatic heterocycles. The number of carbonyl (C=O) groups excluding carboxylic acids is 3. The summed E-state index contributed by atoms with van der Waals surface area (Å²) in [5, 5.41) is 9.19. The maximum atomic E-state index is 13.1. The predicted octanol–water partition coefficient (Wildman–Crippen LogP) is 3.71. The van der Waals surface area contributed by atoms with Gasteiger partial charge in [-0.05, 0) is 56.8 Å². The summed E-state index contributed by atoms with van der Waals surface area (Å²) in [4.78, 5) is 38.7. The highest BCUT2D eigenvalue weighted by Crippen LogP contribution is 2.16. The Hall–Kier alpha value is -1.51. The number of hydrogen-bond acceptors (Lipinski definition) is 6. The van der Waals surface area contributed by atoms with Crippen LogP contribution in [0.25, 0.3) is 0 Å². The highest BCUT2D eigenvalue weighted by molar-refractivity contribution is 7.99. The van der Waals surface area contributed by atoms with E-state index in [0.717, 1.165) is 44.5 Å². The van der Waals surface area contributed by atoms with E-state index in [0.29, 0.717) is 24.3 Å². The number of ketones is 1. The van der Waals surface area contributed by atoms with E-state index in [2.05, 4.69) is 22.9 Å². The number of furan rings is 1. The van der Waals surface area contributed by atoms with E-state index in [4.69, 9.17) is 4.42 Å². The van der Waals surface area contributed by atoms with Gasteiger partial charge >= 0.3 is 0 Å². The smallest absolute Gasteiger partial charge is 0.243 e. The summed E-state index contributed by atoms with van der Waals surface area (Å²) < 4.78 is 5.31. The summed E-state index contributed by atoms with van der Waals surface area (Å²) in [6.45, 7) is 7.77. The second-order valence-corrected chi connectivity index (χ2v) is 9.94. The summed E-state index contributed by atoms with van der Waals surface area (Å²) in [7, 11) is 0. The van der Waals surface area contributed by atoms with Crippen molar-refractivity contribution in [2.45, 2.75) is 77.1 Å². The number of halogens is 1. The first-order valence-corrected chi connectivity index (χ1v) is 13.0. The van der Waals surface area contributed by atoms with Gasteiger partial charge < -0.3 is 20.4 Å². The third-order valence-corrected chi connectivity index (χ3v) is 6.65. The summed E-state index contributed by atoms with van der Waals surface area (Å²) in [5.41, 5.74) is 0. The minimum absolute atomic E-state index is 0. The molecular weight excluding hydrogens is 462 g/mol. The zero-order valence-corrected chi connectivity index (χ0v) is 21.7. The molecule has 3 N–H and O–H groups in total. The Morgan fingerprint density at radius 2 is 1.91 bits per heavy atom. The molecule has 33 heavy (non-hydrogen) atoms. The molecule has 0 aliphatic carbocycles. The molecule has 2 atom stereocenters. The molecule has 9 heteroatoms. The van der Waals surface area contributed by atoms with Gasteiger partial charge in [-0.15, -0.1) is 24.2 Å². The van der Waals surface area contributed by atoms with Gasteiger partial charge in [0.2, 0.25) is 11.8 Å². The Kier molecular flexibility index (Phi) is 14.5. The Morgan fingerprint density at radius 3 is 2.52 bits per heavy atom. The van der Waals surface area contributed by atoms with E-state index in [1.165, 1.54) is 11.8 Å². The number of Topliss-reactive ketones (excluding diaryl/α,β-unsaturated/α-hetero) is 1. The topological polar surface area (TPSA) is 100 Å². The van der Waals surface area contributed by atoms with E-state index < -0.39 is 12.1 Å². The molecule has 2 rings (SSSR count). The van der Waals surface area contributed by atoms with Crippen molar-refractivity contribution in [2.75, 3.05) is 18.8 Å². The number of hydrogen-bond donors (Lipinski definition) is 3. The van der Waals surface area contributed by atoms with E-state index in [-0.39, 0.29) is 41.8 Å². The summed E-state index contributed by atoms with van der Waals surface area (Å²) in [6.07, 6.45) is 6.15. The minimum atomic E-state index is -0.620. The maximum absolute atomic E-state index is 13.1. The van der Waals surface area contributed by atoms with Crippen LogP contribution in [0.3, 0.4) is 0 Å². The van der Waals surface area contributed by atoms with Gasteiger partial charge in [-0.25, -0.2) is 0 Å². The van der Waals surface area contributed by atoms with Gasteiger partial charge in [0.1, 0.15) is 11.8 Å². The number of carbonyl (C=O) groups is 3. The van der Waals surface area contributed by atoms with Crippen LogP contribution < -0.4 is 16.0 Å². The van der Waals surface area contributed by atoms with Crippen LogP contribution in [0.4, 0.5) is 0 Å². The zero-order chi connectivity index (χ0) is 23.3. The van der Waals surface area contributed by atoms with Crippen LogP contribution in [0.5, 0.6) is 0 Å². The molecule has 1 aliphatic heterocycles. The molecule has 188 valence electrons. The van der Waals surface area contributed by atoms with Gasteiger partial charge in [0, 0.05) is 5.92 Å². The lowest BCUT2D eigenvalue weighted by molar-refractivity contribution is -0.133. The van der Waals surface area contributed by atoms with Gasteiger partial charge in [0.15, 0.2) is 5.78 Å². The van der Waals surface area contributed by atoms with Gasteiger partial charge in [0.05, 0.1) is 23.8 Å². The van der Waals surface area contributed by atoms with Gasteiger partial charge in [-0.2, -0.15) is 0 Å². The molecule has 1 aliphatic rings. The Labute approximate surface area is 208 Å². The van der Waals surface area contributed by atoms with Crippen LogP contribution in [-0.4, -0.2) is 48.5 Å². The van der Waals surface area contributed by atoms with Gasteiger partial charge in [-0.1, -0.05) is 33.6 Å². The molecular formula is C24H40ClN3O4S. The molecule has 0 unspecified atom stereocenters. The lowest BCUT2D eigenvalue weighted by atomic mass is 9.95. The zero-order valence-electron chi connectivity index (χ0n) is 20.1. The molecule has 1 fully saturated rings. The van der Waals surface area contributed by atoms with E-state index in [1.807, 2.05) is 26.0 Å². The largest absolute Gasteiger partial charge is 0.468 e. The first-order chi connectivity index (χ1) is 15.4. The highest BCUT2D eigenvalue weighted by Gasteiger charge is 2.29. The molecule has 0 aromatic carbocycles. The fourth-order valence-corrected chi connectivity index (χ4v) is 4.69. The van der Waals surface area contributed by atoms with E-state index in [1.54, 1.807) is 6.26 Å². The SMILES string of the molecule is CCCC[C@H](NC(=O)[C@H](CC(C)C)NC(=O)C1CCNCC1)C(=O)CSCc1ccco1.Cl. The second kappa shape index (κ2) is 16.2. The lowest BCUT2D eigenvalue weighted by Gasteiger charge is -2.27. The molecule has 1 aromatic rings.